The minimum Gasteiger partial charge on any atom is -0.406 e. The first-order valence-corrected chi connectivity index (χ1v) is 6.17. The van der Waals surface area contributed by atoms with Crippen molar-refractivity contribution in [3.63, 3.8) is 0 Å². The number of alkyl halides is 3. The first-order chi connectivity index (χ1) is 9.90. The van der Waals surface area contributed by atoms with Gasteiger partial charge in [-0.15, -0.1) is 23.4 Å². The van der Waals surface area contributed by atoms with E-state index in [1.165, 1.54) is 23.3 Å². The fourth-order valence-corrected chi connectivity index (χ4v) is 1.93. The van der Waals surface area contributed by atoms with E-state index in [1.807, 2.05) is 6.92 Å². The molecule has 2 aromatic rings. The van der Waals surface area contributed by atoms with Crippen molar-refractivity contribution >= 4 is 0 Å². The zero-order valence-corrected chi connectivity index (χ0v) is 11.0. The van der Waals surface area contributed by atoms with Crippen LogP contribution in [0.15, 0.2) is 30.6 Å². The first-order valence-electron chi connectivity index (χ1n) is 6.17. The van der Waals surface area contributed by atoms with Crippen LogP contribution in [0.1, 0.15) is 31.1 Å². The Kier molecular flexibility index (Phi) is 4.41. The molecular formula is C12H13F3N4O2. The maximum absolute atomic E-state index is 12.1. The summed E-state index contributed by atoms with van der Waals surface area (Å²) in [5, 5.41) is 21.4. The van der Waals surface area contributed by atoms with E-state index in [9.17, 15) is 18.3 Å². The van der Waals surface area contributed by atoms with Crippen molar-refractivity contribution < 1.29 is 23.0 Å². The van der Waals surface area contributed by atoms with E-state index in [0.717, 1.165) is 12.1 Å². The van der Waals surface area contributed by atoms with Crippen LogP contribution >= 0.6 is 0 Å². The lowest BCUT2D eigenvalue weighted by atomic mass is 10.0. The van der Waals surface area contributed by atoms with Crippen LogP contribution in [0.25, 0.3) is 0 Å². The zero-order valence-electron chi connectivity index (χ0n) is 11.0. The fourth-order valence-electron chi connectivity index (χ4n) is 1.93. The van der Waals surface area contributed by atoms with Crippen LogP contribution in [0.3, 0.4) is 0 Å². The van der Waals surface area contributed by atoms with Gasteiger partial charge in [-0.05, 0) is 29.3 Å². The number of halogens is 3. The average molecular weight is 302 g/mol. The highest BCUT2D eigenvalue weighted by Gasteiger charge is 2.31. The SMILES string of the molecule is CCC(C(O)c1ccc(OC(F)(F)F)cc1)n1ncnn1. The van der Waals surface area contributed by atoms with Crippen LogP contribution in [0.2, 0.25) is 0 Å². The summed E-state index contributed by atoms with van der Waals surface area (Å²) < 4.78 is 40.0. The van der Waals surface area contributed by atoms with Crippen molar-refractivity contribution in [1.82, 2.24) is 20.2 Å². The van der Waals surface area contributed by atoms with Gasteiger partial charge in [-0.3, -0.25) is 0 Å². The van der Waals surface area contributed by atoms with Crippen LogP contribution < -0.4 is 4.74 Å². The number of benzene rings is 1. The highest BCUT2D eigenvalue weighted by molar-refractivity contribution is 5.29. The number of rotatable bonds is 5. The molecule has 1 aromatic heterocycles. The Morgan fingerprint density at radius 1 is 1.29 bits per heavy atom. The van der Waals surface area contributed by atoms with Gasteiger partial charge in [0.25, 0.3) is 0 Å². The molecule has 9 heteroatoms. The summed E-state index contributed by atoms with van der Waals surface area (Å²) in [4.78, 5) is 1.27. The second kappa shape index (κ2) is 6.08. The molecular weight excluding hydrogens is 289 g/mol. The number of tetrazole rings is 1. The van der Waals surface area contributed by atoms with Crippen molar-refractivity contribution in [3.8, 4) is 5.75 Å². The van der Waals surface area contributed by atoms with Crippen molar-refractivity contribution in [2.45, 2.75) is 31.9 Å². The predicted molar refractivity (Wildman–Crippen MR) is 65.2 cm³/mol. The Balaban J connectivity index is 2.14. The number of aliphatic hydroxyl groups is 1. The minimum absolute atomic E-state index is 0.342. The summed E-state index contributed by atoms with van der Waals surface area (Å²) in [5.74, 6) is -0.342. The normalized spacial score (nSPS) is 14.7. The predicted octanol–water partition coefficient (Wildman–Crippen LogP) is 2.26. The van der Waals surface area contributed by atoms with Gasteiger partial charge in [-0.25, -0.2) is 0 Å². The van der Waals surface area contributed by atoms with Crippen LogP contribution in [0.5, 0.6) is 5.75 Å². The van der Waals surface area contributed by atoms with Crippen LogP contribution in [0, 0.1) is 0 Å². The summed E-state index contributed by atoms with van der Waals surface area (Å²) in [7, 11) is 0. The van der Waals surface area contributed by atoms with E-state index in [1.54, 1.807) is 0 Å². The minimum atomic E-state index is -4.74. The van der Waals surface area contributed by atoms with Crippen molar-refractivity contribution in [3.05, 3.63) is 36.2 Å². The van der Waals surface area contributed by atoms with Crippen LogP contribution in [-0.2, 0) is 0 Å². The zero-order chi connectivity index (χ0) is 15.5. The Bertz CT molecular complexity index is 557. The topological polar surface area (TPSA) is 73.1 Å². The van der Waals surface area contributed by atoms with Gasteiger partial charge >= 0.3 is 6.36 Å². The molecule has 0 amide bonds. The number of aromatic nitrogens is 4. The fraction of sp³-hybridized carbons (Fsp3) is 0.417. The van der Waals surface area contributed by atoms with Crippen LogP contribution in [0.4, 0.5) is 13.2 Å². The van der Waals surface area contributed by atoms with Gasteiger partial charge in [0.05, 0.1) is 0 Å². The molecule has 0 aliphatic carbocycles. The second-order valence-corrected chi connectivity index (χ2v) is 4.29. The molecule has 114 valence electrons. The third kappa shape index (κ3) is 3.91. The molecule has 1 heterocycles. The quantitative estimate of drug-likeness (QED) is 0.917. The van der Waals surface area contributed by atoms with Gasteiger partial charge in [0.1, 0.15) is 17.9 Å². The molecule has 21 heavy (non-hydrogen) atoms. The Hall–Kier alpha value is -2.16. The number of aliphatic hydroxyl groups excluding tert-OH is 1. The highest BCUT2D eigenvalue weighted by Crippen LogP contribution is 2.30. The third-order valence-corrected chi connectivity index (χ3v) is 2.90. The molecule has 0 fully saturated rings. The van der Waals surface area contributed by atoms with Crippen LogP contribution in [-0.4, -0.2) is 31.7 Å². The standard InChI is InChI=1S/C12H13F3N4O2/c1-2-10(19-17-7-16-18-19)11(20)8-3-5-9(6-4-8)21-12(13,14)15/h3-7,10-11,20H,2H2,1H3. The molecule has 6 nitrogen and oxygen atoms in total. The maximum Gasteiger partial charge on any atom is 0.573 e. The lowest BCUT2D eigenvalue weighted by Gasteiger charge is -2.20. The molecule has 0 saturated carbocycles. The van der Waals surface area contributed by atoms with Gasteiger partial charge in [-0.2, -0.15) is 4.80 Å². The van der Waals surface area contributed by atoms with E-state index >= 15 is 0 Å². The number of nitrogens with zero attached hydrogens (tertiary/aromatic N) is 4. The second-order valence-electron chi connectivity index (χ2n) is 4.29. The number of ether oxygens (including phenoxy) is 1. The third-order valence-electron chi connectivity index (χ3n) is 2.90. The largest absolute Gasteiger partial charge is 0.573 e. The molecule has 0 saturated heterocycles. The van der Waals surface area contributed by atoms with Gasteiger partial charge in [0.2, 0.25) is 0 Å². The first kappa shape index (κ1) is 15.2. The van der Waals surface area contributed by atoms with Crippen molar-refractivity contribution in [2.24, 2.45) is 0 Å². The molecule has 0 radical (unpaired) electrons. The summed E-state index contributed by atoms with van der Waals surface area (Å²) >= 11 is 0. The summed E-state index contributed by atoms with van der Waals surface area (Å²) in [6.45, 7) is 1.83. The van der Waals surface area contributed by atoms with Gasteiger partial charge in [-0.1, -0.05) is 19.1 Å². The number of hydrogen-bond donors (Lipinski definition) is 1. The molecule has 2 atom stereocenters. The summed E-state index contributed by atoms with van der Waals surface area (Å²) in [6.07, 6.45) is -3.94. The summed E-state index contributed by atoms with van der Waals surface area (Å²) in [5.41, 5.74) is 0.439. The van der Waals surface area contributed by atoms with Gasteiger partial charge < -0.3 is 9.84 Å². The molecule has 2 unspecified atom stereocenters. The molecule has 1 N–H and O–H groups in total. The van der Waals surface area contributed by atoms with Gasteiger partial charge in [0.15, 0.2) is 6.33 Å². The van der Waals surface area contributed by atoms with E-state index in [0.29, 0.717) is 12.0 Å². The van der Waals surface area contributed by atoms with E-state index < -0.39 is 18.5 Å². The lowest BCUT2D eigenvalue weighted by Crippen LogP contribution is -2.20. The monoisotopic (exact) mass is 302 g/mol. The maximum atomic E-state index is 12.1. The summed E-state index contributed by atoms with van der Waals surface area (Å²) in [6, 6.07) is 4.57. The van der Waals surface area contributed by atoms with Gasteiger partial charge in [0, 0.05) is 0 Å². The Labute approximate surface area is 118 Å². The Morgan fingerprint density at radius 2 is 1.95 bits per heavy atom. The average Bonchev–Trinajstić information content (AvgIpc) is 2.92. The smallest absolute Gasteiger partial charge is 0.406 e. The highest BCUT2D eigenvalue weighted by atomic mass is 19.4. The van der Waals surface area contributed by atoms with E-state index in [4.69, 9.17) is 0 Å². The molecule has 0 aliphatic heterocycles. The van der Waals surface area contributed by atoms with Crippen molar-refractivity contribution in [1.29, 1.82) is 0 Å². The van der Waals surface area contributed by atoms with E-state index in [-0.39, 0.29) is 5.75 Å². The molecule has 1 aromatic carbocycles. The molecule has 2 rings (SSSR count). The van der Waals surface area contributed by atoms with Crippen molar-refractivity contribution in [2.75, 3.05) is 0 Å². The molecule has 0 spiro atoms. The Morgan fingerprint density at radius 3 is 2.43 bits per heavy atom. The molecule has 0 bridgehead atoms. The molecule has 0 aliphatic rings. The number of hydrogen-bond acceptors (Lipinski definition) is 5. The van der Waals surface area contributed by atoms with E-state index in [2.05, 4.69) is 20.1 Å². The lowest BCUT2D eigenvalue weighted by molar-refractivity contribution is -0.274.